The molecule has 0 bridgehead atoms. The van der Waals surface area contributed by atoms with Crippen molar-refractivity contribution in [3.8, 4) is 0 Å². The molecule has 1 rings (SSSR count). The highest BCUT2D eigenvalue weighted by atomic mass is 16.5. The minimum atomic E-state index is -1.19. The number of nitrogens with one attached hydrogen (secondary N) is 2. The maximum absolute atomic E-state index is 11.3. The topological polar surface area (TPSA) is 118 Å². The zero-order valence-electron chi connectivity index (χ0n) is 10.3. The third-order valence-electron chi connectivity index (χ3n) is 1.93. The number of carbonyl (C=O) groups is 3. The monoisotopic (exact) mass is 270 g/mol. The van der Waals surface area contributed by atoms with Gasteiger partial charge in [-0.2, -0.15) is 0 Å². The average molecular weight is 270 g/mol. The van der Waals surface area contributed by atoms with Crippen molar-refractivity contribution >= 4 is 17.9 Å². The SMILES string of the molecule is Cc1ccc(CNC(=O)NC(=O)COCC(=O)O)o1. The number of amides is 3. The fourth-order valence-corrected chi connectivity index (χ4v) is 1.19. The van der Waals surface area contributed by atoms with Gasteiger partial charge in [-0.3, -0.25) is 10.1 Å². The van der Waals surface area contributed by atoms with Crippen LogP contribution >= 0.6 is 0 Å². The van der Waals surface area contributed by atoms with Gasteiger partial charge in [-0.25, -0.2) is 9.59 Å². The molecule has 0 spiro atoms. The van der Waals surface area contributed by atoms with Crippen molar-refractivity contribution in [1.29, 1.82) is 0 Å². The first-order valence-electron chi connectivity index (χ1n) is 5.40. The first kappa shape index (κ1) is 14.7. The third-order valence-corrected chi connectivity index (χ3v) is 1.93. The Morgan fingerprint density at radius 2 is 2.05 bits per heavy atom. The number of carbonyl (C=O) groups excluding carboxylic acids is 2. The highest BCUT2D eigenvalue weighted by Gasteiger charge is 2.09. The molecule has 0 aliphatic rings. The fraction of sp³-hybridized carbons (Fsp3) is 0.364. The fourth-order valence-electron chi connectivity index (χ4n) is 1.19. The van der Waals surface area contributed by atoms with E-state index in [9.17, 15) is 14.4 Å². The van der Waals surface area contributed by atoms with Gasteiger partial charge in [-0.05, 0) is 19.1 Å². The van der Waals surface area contributed by atoms with Crippen molar-refractivity contribution in [3.63, 3.8) is 0 Å². The maximum Gasteiger partial charge on any atom is 0.329 e. The number of carboxylic acids is 1. The van der Waals surface area contributed by atoms with Crippen LogP contribution in [0.3, 0.4) is 0 Å². The standard InChI is InChI=1S/C11H14N2O6/c1-7-2-3-8(19-7)4-12-11(17)13-9(14)5-18-6-10(15)16/h2-3H,4-6H2,1H3,(H,15,16)(H2,12,13,14,17). The van der Waals surface area contributed by atoms with Crippen LogP contribution in [0.4, 0.5) is 4.79 Å². The van der Waals surface area contributed by atoms with Crippen molar-refractivity contribution in [1.82, 2.24) is 10.6 Å². The van der Waals surface area contributed by atoms with Crippen molar-refractivity contribution in [3.05, 3.63) is 23.7 Å². The summed E-state index contributed by atoms with van der Waals surface area (Å²) in [5, 5.41) is 12.7. The number of aliphatic carboxylic acids is 1. The predicted molar refractivity (Wildman–Crippen MR) is 62.3 cm³/mol. The highest BCUT2D eigenvalue weighted by molar-refractivity contribution is 5.94. The first-order chi connectivity index (χ1) is 8.97. The molecule has 0 atom stereocenters. The molecule has 0 fully saturated rings. The molecule has 19 heavy (non-hydrogen) atoms. The van der Waals surface area contributed by atoms with E-state index < -0.39 is 31.1 Å². The van der Waals surface area contributed by atoms with Gasteiger partial charge >= 0.3 is 12.0 Å². The van der Waals surface area contributed by atoms with Crippen molar-refractivity contribution in [2.75, 3.05) is 13.2 Å². The second-order valence-corrected chi connectivity index (χ2v) is 3.63. The maximum atomic E-state index is 11.3. The molecule has 3 N–H and O–H groups in total. The van der Waals surface area contributed by atoms with E-state index in [0.717, 1.165) is 5.76 Å². The van der Waals surface area contributed by atoms with Gasteiger partial charge in [-0.1, -0.05) is 0 Å². The summed E-state index contributed by atoms with van der Waals surface area (Å²) in [5.74, 6) is -0.641. The van der Waals surface area contributed by atoms with E-state index in [1.807, 2.05) is 5.32 Å². The Hall–Kier alpha value is -2.35. The lowest BCUT2D eigenvalue weighted by Gasteiger charge is -2.05. The summed E-state index contributed by atoms with van der Waals surface area (Å²) < 4.78 is 9.73. The predicted octanol–water partition coefficient (Wildman–Crippen LogP) is 0.0150. The van der Waals surface area contributed by atoms with Gasteiger partial charge in [0.2, 0.25) is 0 Å². The molecule has 0 aliphatic heterocycles. The average Bonchev–Trinajstić information content (AvgIpc) is 2.72. The highest BCUT2D eigenvalue weighted by Crippen LogP contribution is 2.04. The second-order valence-electron chi connectivity index (χ2n) is 3.63. The Morgan fingerprint density at radius 1 is 1.32 bits per heavy atom. The number of hydrogen-bond acceptors (Lipinski definition) is 5. The third kappa shape index (κ3) is 6.22. The van der Waals surface area contributed by atoms with Crippen molar-refractivity contribution in [2.24, 2.45) is 0 Å². The number of ether oxygens (including phenoxy) is 1. The summed E-state index contributed by atoms with van der Waals surface area (Å²) in [6.45, 7) is 0.816. The number of carboxylic acid groups (broad SMARTS) is 1. The summed E-state index contributed by atoms with van der Waals surface area (Å²) in [5.41, 5.74) is 0. The molecule has 1 aromatic heterocycles. The van der Waals surface area contributed by atoms with E-state index in [0.29, 0.717) is 5.76 Å². The lowest BCUT2D eigenvalue weighted by molar-refractivity contribution is -0.143. The van der Waals surface area contributed by atoms with Gasteiger partial charge in [0.25, 0.3) is 5.91 Å². The summed E-state index contributed by atoms with van der Waals surface area (Å²) in [7, 11) is 0. The first-order valence-corrected chi connectivity index (χ1v) is 5.40. The molecule has 0 saturated carbocycles. The van der Waals surface area contributed by atoms with Gasteiger partial charge in [0.05, 0.1) is 6.54 Å². The van der Waals surface area contributed by atoms with Gasteiger partial charge in [0.15, 0.2) is 0 Å². The molecular weight excluding hydrogens is 256 g/mol. The number of rotatable bonds is 6. The van der Waals surface area contributed by atoms with Crippen LogP contribution in [-0.2, 0) is 20.9 Å². The van der Waals surface area contributed by atoms with E-state index in [4.69, 9.17) is 9.52 Å². The Morgan fingerprint density at radius 3 is 2.63 bits per heavy atom. The van der Waals surface area contributed by atoms with Crippen LogP contribution in [0, 0.1) is 6.92 Å². The van der Waals surface area contributed by atoms with Crippen LogP contribution in [0.1, 0.15) is 11.5 Å². The molecule has 1 heterocycles. The lowest BCUT2D eigenvalue weighted by Crippen LogP contribution is -2.41. The van der Waals surface area contributed by atoms with Crippen molar-refractivity contribution in [2.45, 2.75) is 13.5 Å². The Balaban J connectivity index is 2.19. The Bertz CT molecular complexity index is 468. The molecular formula is C11H14N2O6. The molecule has 3 amide bonds. The van der Waals surface area contributed by atoms with E-state index >= 15 is 0 Å². The summed E-state index contributed by atoms with van der Waals surface area (Å²) in [4.78, 5) is 32.5. The Kier molecular flexibility index (Phi) is 5.55. The number of imide groups is 1. The zero-order valence-corrected chi connectivity index (χ0v) is 10.3. The summed E-state index contributed by atoms with van der Waals surface area (Å²) in [6.07, 6.45) is 0. The second kappa shape index (κ2) is 7.17. The molecule has 104 valence electrons. The Labute approximate surface area is 108 Å². The van der Waals surface area contributed by atoms with Crippen LogP contribution in [0.5, 0.6) is 0 Å². The summed E-state index contributed by atoms with van der Waals surface area (Å²) in [6, 6.07) is 2.74. The van der Waals surface area contributed by atoms with Crippen molar-refractivity contribution < 1.29 is 28.6 Å². The van der Waals surface area contributed by atoms with E-state index in [1.165, 1.54) is 0 Å². The number of urea groups is 1. The smallest absolute Gasteiger partial charge is 0.329 e. The molecule has 0 saturated heterocycles. The van der Waals surface area contributed by atoms with Crippen LogP contribution in [0.2, 0.25) is 0 Å². The molecule has 0 aliphatic carbocycles. The van der Waals surface area contributed by atoms with Crippen LogP contribution in [0.25, 0.3) is 0 Å². The summed E-state index contributed by atoms with van der Waals surface area (Å²) >= 11 is 0. The van der Waals surface area contributed by atoms with Gasteiger partial charge in [0, 0.05) is 0 Å². The molecule has 1 aromatic rings. The van der Waals surface area contributed by atoms with Crippen LogP contribution in [-0.4, -0.2) is 36.2 Å². The minimum Gasteiger partial charge on any atom is -0.480 e. The molecule has 0 unspecified atom stereocenters. The molecule has 8 nitrogen and oxygen atoms in total. The van der Waals surface area contributed by atoms with Crippen LogP contribution < -0.4 is 10.6 Å². The largest absolute Gasteiger partial charge is 0.480 e. The van der Waals surface area contributed by atoms with Crippen LogP contribution in [0.15, 0.2) is 16.5 Å². The van der Waals surface area contributed by atoms with Gasteiger partial charge in [0.1, 0.15) is 24.7 Å². The van der Waals surface area contributed by atoms with E-state index in [1.54, 1.807) is 19.1 Å². The van der Waals surface area contributed by atoms with E-state index in [-0.39, 0.29) is 6.54 Å². The van der Waals surface area contributed by atoms with E-state index in [2.05, 4.69) is 10.1 Å². The molecule has 8 heteroatoms. The number of aryl methyl sites for hydroxylation is 1. The minimum absolute atomic E-state index is 0.142. The van der Waals surface area contributed by atoms with Gasteiger partial charge in [-0.15, -0.1) is 0 Å². The lowest BCUT2D eigenvalue weighted by atomic mass is 10.4. The quantitative estimate of drug-likeness (QED) is 0.670. The molecule has 0 aromatic carbocycles. The normalized spacial score (nSPS) is 9.95. The number of furan rings is 1. The molecule has 0 radical (unpaired) electrons. The zero-order chi connectivity index (χ0) is 14.3. The number of hydrogen-bond donors (Lipinski definition) is 3. The van der Waals surface area contributed by atoms with Gasteiger partial charge < -0.3 is 19.6 Å².